The lowest BCUT2D eigenvalue weighted by atomic mass is 9.98. The lowest BCUT2D eigenvalue weighted by Gasteiger charge is -2.40. The van der Waals surface area contributed by atoms with E-state index in [2.05, 4.69) is 31.3 Å². The zero-order chi connectivity index (χ0) is 46.9. The first kappa shape index (κ1) is 60.9. The molecule has 1 aliphatic heterocycles. The maximum atomic E-state index is 13.1. The minimum Gasteiger partial charge on any atom is -0.394 e. The standard InChI is InChI=1S/C53H103NO10/c1-3-5-7-9-11-13-15-17-19-20-21-22-23-24-25-27-29-31-33-35-37-39-41-46(57)52(62)54-44(43-63-53-51(61)50(60)49(59)47(42-55)64-53)48(58)45(56)40-38-36-34-32-30-28-26-18-16-14-12-10-8-6-4-2/h24-25,44-51,53,55-61H,3-23,26-43H2,1-2H3,(H,54,62)/b25-24-. The molecule has 1 amide bonds. The van der Waals surface area contributed by atoms with Gasteiger partial charge in [-0.1, -0.05) is 225 Å². The van der Waals surface area contributed by atoms with Gasteiger partial charge in [-0.15, -0.1) is 0 Å². The number of amides is 1. The Labute approximate surface area is 392 Å². The van der Waals surface area contributed by atoms with Gasteiger partial charge in [0.2, 0.25) is 5.91 Å². The first-order valence-electron chi connectivity index (χ1n) is 27.1. The molecule has 1 rings (SSSR count). The van der Waals surface area contributed by atoms with E-state index in [4.69, 9.17) is 9.47 Å². The molecule has 1 heterocycles. The number of carbonyl (C=O) groups excluding carboxylic acids is 1. The van der Waals surface area contributed by atoms with E-state index in [1.165, 1.54) is 161 Å². The third kappa shape index (κ3) is 31.8. The number of unbranched alkanes of at least 4 members (excludes halogenated alkanes) is 32. The predicted molar refractivity (Wildman–Crippen MR) is 261 cm³/mol. The summed E-state index contributed by atoms with van der Waals surface area (Å²) in [5, 5.41) is 76.0. The van der Waals surface area contributed by atoms with Gasteiger partial charge in [0.25, 0.3) is 0 Å². The van der Waals surface area contributed by atoms with Gasteiger partial charge in [0.1, 0.15) is 36.6 Å². The maximum absolute atomic E-state index is 13.1. The van der Waals surface area contributed by atoms with Crippen LogP contribution in [0.1, 0.15) is 251 Å². The number of ether oxygens (including phenoxy) is 2. The van der Waals surface area contributed by atoms with Crippen molar-refractivity contribution in [2.24, 2.45) is 0 Å². The zero-order valence-electron chi connectivity index (χ0n) is 41.3. The fraction of sp³-hybridized carbons (Fsp3) is 0.943. The number of hydrogen-bond acceptors (Lipinski definition) is 10. The summed E-state index contributed by atoms with van der Waals surface area (Å²) in [7, 11) is 0. The van der Waals surface area contributed by atoms with Gasteiger partial charge in [0.15, 0.2) is 6.29 Å². The second-order valence-corrected chi connectivity index (χ2v) is 19.3. The molecule has 11 heteroatoms. The van der Waals surface area contributed by atoms with Crippen LogP contribution in [0.5, 0.6) is 0 Å². The van der Waals surface area contributed by atoms with Crippen LogP contribution in [0.4, 0.5) is 0 Å². The van der Waals surface area contributed by atoms with Crippen LogP contribution in [0.25, 0.3) is 0 Å². The number of allylic oxidation sites excluding steroid dienone is 2. The van der Waals surface area contributed by atoms with Gasteiger partial charge in [-0.2, -0.15) is 0 Å². The molecule has 0 aliphatic carbocycles. The molecule has 11 nitrogen and oxygen atoms in total. The summed E-state index contributed by atoms with van der Waals surface area (Å²) in [4.78, 5) is 13.1. The summed E-state index contributed by atoms with van der Waals surface area (Å²) in [6.45, 7) is 3.47. The van der Waals surface area contributed by atoms with Crippen molar-refractivity contribution in [3.63, 3.8) is 0 Å². The molecule has 1 saturated heterocycles. The van der Waals surface area contributed by atoms with E-state index in [0.717, 1.165) is 51.4 Å². The number of aliphatic hydroxyl groups is 7. The highest BCUT2D eigenvalue weighted by molar-refractivity contribution is 5.80. The smallest absolute Gasteiger partial charge is 0.249 e. The number of carbonyl (C=O) groups is 1. The predicted octanol–water partition coefficient (Wildman–Crippen LogP) is 10.4. The van der Waals surface area contributed by atoms with Crippen molar-refractivity contribution in [3.8, 4) is 0 Å². The minimum absolute atomic E-state index is 0.256. The molecule has 0 spiro atoms. The van der Waals surface area contributed by atoms with Crippen LogP contribution >= 0.6 is 0 Å². The van der Waals surface area contributed by atoms with Crippen LogP contribution in [0.2, 0.25) is 0 Å². The Bertz CT molecular complexity index is 1050. The lowest BCUT2D eigenvalue weighted by Crippen LogP contribution is -2.60. The Morgan fingerprint density at radius 1 is 0.531 bits per heavy atom. The summed E-state index contributed by atoms with van der Waals surface area (Å²) < 4.78 is 11.1. The summed E-state index contributed by atoms with van der Waals surface area (Å²) in [6.07, 6.45) is 36.8. The van der Waals surface area contributed by atoms with Gasteiger partial charge in [-0.05, 0) is 38.5 Å². The minimum atomic E-state index is -1.66. The highest BCUT2D eigenvalue weighted by atomic mass is 16.7. The number of aliphatic hydroxyl groups excluding tert-OH is 7. The first-order valence-corrected chi connectivity index (χ1v) is 27.1. The lowest BCUT2D eigenvalue weighted by molar-refractivity contribution is -0.303. The van der Waals surface area contributed by atoms with Crippen molar-refractivity contribution in [3.05, 3.63) is 12.2 Å². The van der Waals surface area contributed by atoms with Crippen LogP contribution in [0.15, 0.2) is 12.2 Å². The Morgan fingerprint density at radius 2 is 0.906 bits per heavy atom. The maximum Gasteiger partial charge on any atom is 0.249 e. The average molecular weight is 914 g/mol. The normalized spacial score (nSPS) is 21.0. The highest BCUT2D eigenvalue weighted by Gasteiger charge is 2.44. The highest BCUT2D eigenvalue weighted by Crippen LogP contribution is 2.23. The van der Waals surface area contributed by atoms with Crippen molar-refractivity contribution in [2.45, 2.75) is 306 Å². The topological polar surface area (TPSA) is 189 Å². The van der Waals surface area contributed by atoms with Crippen LogP contribution < -0.4 is 5.32 Å². The Kier molecular flexibility index (Phi) is 41.0. The van der Waals surface area contributed by atoms with Gasteiger partial charge >= 0.3 is 0 Å². The van der Waals surface area contributed by atoms with E-state index in [-0.39, 0.29) is 6.42 Å². The summed E-state index contributed by atoms with van der Waals surface area (Å²) in [6, 6.07) is -1.17. The SMILES string of the molecule is CCCCCCCCCCCCCC/C=C\CCCCCCCCC(O)C(=O)NC(COC1OC(CO)C(O)C(O)C1O)C(O)C(O)CCCCCCCCCCCCCCCCC. The van der Waals surface area contributed by atoms with Gasteiger partial charge in [0.05, 0.1) is 25.4 Å². The van der Waals surface area contributed by atoms with Crippen molar-refractivity contribution >= 4 is 5.91 Å². The molecule has 1 fully saturated rings. The third-order valence-corrected chi connectivity index (χ3v) is 13.3. The van der Waals surface area contributed by atoms with E-state index in [1.54, 1.807) is 0 Å². The van der Waals surface area contributed by atoms with Crippen LogP contribution in [-0.2, 0) is 14.3 Å². The quantitative estimate of drug-likeness (QED) is 0.0216. The van der Waals surface area contributed by atoms with Crippen molar-refractivity contribution in [2.75, 3.05) is 13.2 Å². The zero-order valence-corrected chi connectivity index (χ0v) is 41.3. The van der Waals surface area contributed by atoms with E-state index in [9.17, 15) is 40.5 Å². The summed E-state index contributed by atoms with van der Waals surface area (Å²) in [5.74, 6) is -0.698. The van der Waals surface area contributed by atoms with E-state index < -0.39 is 74.2 Å². The van der Waals surface area contributed by atoms with Crippen LogP contribution in [0.3, 0.4) is 0 Å². The fourth-order valence-electron chi connectivity index (χ4n) is 8.85. The average Bonchev–Trinajstić information content (AvgIpc) is 3.29. The molecule has 0 bridgehead atoms. The van der Waals surface area contributed by atoms with Gasteiger partial charge < -0.3 is 50.5 Å². The van der Waals surface area contributed by atoms with Gasteiger partial charge in [0, 0.05) is 0 Å². The third-order valence-electron chi connectivity index (χ3n) is 13.3. The molecule has 380 valence electrons. The van der Waals surface area contributed by atoms with Gasteiger partial charge in [-0.3, -0.25) is 4.79 Å². The fourth-order valence-corrected chi connectivity index (χ4v) is 8.85. The van der Waals surface area contributed by atoms with E-state index in [1.807, 2.05) is 0 Å². The van der Waals surface area contributed by atoms with E-state index >= 15 is 0 Å². The van der Waals surface area contributed by atoms with Crippen molar-refractivity contribution in [1.29, 1.82) is 0 Å². The molecule has 0 aromatic heterocycles. The molecule has 0 radical (unpaired) electrons. The number of nitrogens with one attached hydrogen (secondary N) is 1. The molecule has 0 saturated carbocycles. The van der Waals surface area contributed by atoms with E-state index in [0.29, 0.717) is 19.3 Å². The molecule has 0 aromatic rings. The Hall–Kier alpha value is -1.15. The summed E-state index contributed by atoms with van der Waals surface area (Å²) >= 11 is 0. The van der Waals surface area contributed by atoms with Crippen molar-refractivity contribution < 1.29 is 50.0 Å². The molecular formula is C53H103NO10. The number of rotatable bonds is 46. The molecule has 8 N–H and O–H groups in total. The second kappa shape index (κ2) is 43.2. The summed E-state index contributed by atoms with van der Waals surface area (Å²) in [5.41, 5.74) is 0. The van der Waals surface area contributed by atoms with Crippen molar-refractivity contribution in [1.82, 2.24) is 5.32 Å². The Morgan fingerprint density at radius 3 is 1.31 bits per heavy atom. The molecule has 64 heavy (non-hydrogen) atoms. The van der Waals surface area contributed by atoms with Gasteiger partial charge in [-0.25, -0.2) is 0 Å². The monoisotopic (exact) mass is 914 g/mol. The molecule has 9 unspecified atom stereocenters. The second-order valence-electron chi connectivity index (χ2n) is 19.3. The van der Waals surface area contributed by atoms with Crippen LogP contribution in [0, 0.1) is 0 Å². The molecular weight excluding hydrogens is 811 g/mol. The first-order chi connectivity index (χ1) is 31.2. The largest absolute Gasteiger partial charge is 0.394 e. The molecule has 0 aromatic carbocycles. The molecule has 9 atom stereocenters. The number of hydrogen-bond donors (Lipinski definition) is 8. The van der Waals surface area contributed by atoms with Crippen LogP contribution in [-0.4, -0.2) is 110 Å². The Balaban J connectivity index is 2.34. The molecule has 1 aliphatic rings.